The summed E-state index contributed by atoms with van der Waals surface area (Å²) in [7, 11) is 0. The molecule has 14 heteroatoms. The number of ether oxygens (including phenoxy) is 4. The lowest BCUT2D eigenvalue weighted by molar-refractivity contribution is -0.359. The molecule has 2 fully saturated rings. The van der Waals surface area contributed by atoms with E-state index in [0.717, 1.165) is 96.3 Å². The van der Waals surface area contributed by atoms with E-state index >= 15 is 0 Å². The average molecular weight is 966 g/mol. The predicted molar refractivity (Wildman–Crippen MR) is 267 cm³/mol. The van der Waals surface area contributed by atoms with Gasteiger partial charge in [-0.15, -0.1) is 0 Å². The molecule has 2 heterocycles. The number of aliphatic hydroxyl groups is 8. The number of carbonyl (C=O) groups is 1. The van der Waals surface area contributed by atoms with E-state index < -0.39 is 86.8 Å². The summed E-state index contributed by atoms with van der Waals surface area (Å²) >= 11 is 0. The lowest BCUT2D eigenvalue weighted by Crippen LogP contribution is -2.65. The second-order valence-electron chi connectivity index (χ2n) is 18.6. The van der Waals surface area contributed by atoms with E-state index in [1.54, 1.807) is 0 Å². The van der Waals surface area contributed by atoms with E-state index in [4.69, 9.17) is 18.9 Å². The first-order valence-electron chi connectivity index (χ1n) is 26.5. The van der Waals surface area contributed by atoms with Crippen molar-refractivity contribution >= 4 is 5.91 Å². The minimum Gasteiger partial charge on any atom is -0.394 e. The van der Waals surface area contributed by atoms with Crippen molar-refractivity contribution in [2.24, 2.45) is 0 Å². The van der Waals surface area contributed by atoms with Crippen molar-refractivity contribution in [1.82, 2.24) is 5.32 Å². The molecule has 9 N–H and O–H groups in total. The van der Waals surface area contributed by atoms with Gasteiger partial charge in [0.2, 0.25) is 5.91 Å². The molecule has 0 aliphatic carbocycles. The van der Waals surface area contributed by atoms with Crippen LogP contribution in [0.2, 0.25) is 0 Å². The third-order valence-corrected chi connectivity index (χ3v) is 12.7. The summed E-state index contributed by atoms with van der Waals surface area (Å²) in [5.41, 5.74) is 0. The Kier molecular flexibility index (Phi) is 36.6. The van der Waals surface area contributed by atoms with Gasteiger partial charge in [-0.1, -0.05) is 177 Å². The summed E-state index contributed by atoms with van der Waals surface area (Å²) in [6.07, 6.45) is 32.6. The van der Waals surface area contributed by atoms with E-state index in [1.165, 1.54) is 57.8 Å². The molecule has 394 valence electrons. The van der Waals surface area contributed by atoms with Gasteiger partial charge in [-0.3, -0.25) is 4.79 Å². The van der Waals surface area contributed by atoms with Gasteiger partial charge in [0.25, 0.3) is 0 Å². The van der Waals surface area contributed by atoms with Gasteiger partial charge in [-0.05, 0) is 57.8 Å². The third kappa shape index (κ3) is 26.8. The molecular weight excluding hydrogens is 871 g/mol. The van der Waals surface area contributed by atoms with Crippen molar-refractivity contribution in [1.29, 1.82) is 0 Å². The van der Waals surface area contributed by atoms with Gasteiger partial charge >= 0.3 is 0 Å². The van der Waals surface area contributed by atoms with Crippen molar-refractivity contribution < 1.29 is 64.6 Å². The maximum atomic E-state index is 13.1. The van der Waals surface area contributed by atoms with Crippen LogP contribution in [0.3, 0.4) is 0 Å². The Labute approximate surface area is 409 Å². The molecule has 0 spiro atoms. The smallest absolute Gasteiger partial charge is 0.220 e. The van der Waals surface area contributed by atoms with E-state index in [-0.39, 0.29) is 12.5 Å². The highest BCUT2D eigenvalue weighted by molar-refractivity contribution is 5.76. The number of rotatable bonds is 40. The van der Waals surface area contributed by atoms with E-state index in [1.807, 2.05) is 0 Å². The maximum absolute atomic E-state index is 13.1. The van der Waals surface area contributed by atoms with Crippen LogP contribution in [-0.2, 0) is 23.7 Å². The van der Waals surface area contributed by atoms with E-state index in [2.05, 4.69) is 79.9 Å². The number of unbranched alkanes of at least 4 members (excludes halogenated alkanes) is 17. The Hall–Kier alpha value is -2.31. The maximum Gasteiger partial charge on any atom is 0.220 e. The zero-order valence-corrected chi connectivity index (χ0v) is 41.8. The topological polar surface area (TPSA) is 228 Å². The van der Waals surface area contributed by atoms with Crippen LogP contribution in [-0.4, -0.2) is 140 Å². The quantitative estimate of drug-likeness (QED) is 0.0215. The predicted octanol–water partition coefficient (Wildman–Crippen LogP) is 7.44. The van der Waals surface area contributed by atoms with Crippen molar-refractivity contribution in [3.8, 4) is 0 Å². The standard InChI is InChI=1S/C54H95NO13/c1-3-5-7-9-11-12-13-14-15-16-17-18-19-20-21-22-23-24-25-26-27-28-29-30-32-34-36-38-46(59)55-42(43(58)37-35-33-31-10-8-6-4-2)41-65-53-51(64)49(62)52(45(40-57)67-53)68-54-50(63)48(61)47(60)44(39-56)66-54/h5,7,11-12,14-15,17-18,20-21,42-45,47-54,56-58,60-64H,3-4,6,8-10,13,16,19,22-41H2,1-2H3,(H,55,59)/b7-5-,12-11-,15-14-,18-17-,21-20-. The van der Waals surface area contributed by atoms with E-state index in [9.17, 15) is 45.6 Å². The molecule has 1 amide bonds. The summed E-state index contributed by atoms with van der Waals surface area (Å²) in [6.45, 7) is 2.66. The molecule has 2 aliphatic heterocycles. The van der Waals surface area contributed by atoms with Gasteiger partial charge in [0, 0.05) is 6.42 Å². The zero-order chi connectivity index (χ0) is 49.6. The first-order chi connectivity index (χ1) is 33.1. The Bertz CT molecular complexity index is 1370. The largest absolute Gasteiger partial charge is 0.394 e. The number of hydrogen-bond donors (Lipinski definition) is 9. The van der Waals surface area contributed by atoms with Crippen LogP contribution in [0.15, 0.2) is 60.8 Å². The molecule has 14 nitrogen and oxygen atoms in total. The number of aliphatic hydroxyl groups excluding tert-OH is 8. The molecule has 68 heavy (non-hydrogen) atoms. The van der Waals surface area contributed by atoms with Crippen LogP contribution in [0.4, 0.5) is 0 Å². The molecule has 0 radical (unpaired) electrons. The zero-order valence-electron chi connectivity index (χ0n) is 41.8. The van der Waals surface area contributed by atoms with Crippen LogP contribution in [0.25, 0.3) is 0 Å². The fraction of sp³-hybridized carbons (Fsp3) is 0.796. The van der Waals surface area contributed by atoms with Crippen LogP contribution < -0.4 is 5.32 Å². The van der Waals surface area contributed by atoms with Gasteiger partial charge in [0.05, 0.1) is 32.0 Å². The van der Waals surface area contributed by atoms with Gasteiger partial charge in [-0.25, -0.2) is 0 Å². The Morgan fingerprint density at radius 2 is 1.01 bits per heavy atom. The van der Waals surface area contributed by atoms with Crippen molar-refractivity contribution in [2.75, 3.05) is 19.8 Å². The second-order valence-corrected chi connectivity index (χ2v) is 18.6. The monoisotopic (exact) mass is 966 g/mol. The lowest BCUT2D eigenvalue weighted by Gasteiger charge is -2.46. The van der Waals surface area contributed by atoms with Gasteiger partial charge in [0.1, 0.15) is 48.8 Å². The van der Waals surface area contributed by atoms with Crippen molar-refractivity contribution in [3.63, 3.8) is 0 Å². The molecule has 2 aliphatic rings. The number of carbonyl (C=O) groups excluding carboxylic acids is 1. The number of amides is 1. The van der Waals surface area contributed by atoms with Crippen molar-refractivity contribution in [3.05, 3.63) is 60.8 Å². The SMILES string of the molecule is CC/C=C\C/C=C\C/C=C\C/C=C\C/C=C\CCCCCCCCCCCCCC(=O)NC(COC1OC(CO)C(OC2OC(CO)C(O)C(O)C2O)C(O)C1O)C(O)CCCCCCCCC. The van der Waals surface area contributed by atoms with Crippen molar-refractivity contribution in [2.45, 2.75) is 254 Å². The highest BCUT2D eigenvalue weighted by Gasteiger charge is 2.51. The highest BCUT2D eigenvalue weighted by atomic mass is 16.7. The summed E-state index contributed by atoms with van der Waals surface area (Å²) in [5.74, 6) is -0.218. The van der Waals surface area contributed by atoms with Crippen LogP contribution in [0, 0.1) is 0 Å². The first-order valence-corrected chi connectivity index (χ1v) is 26.5. The minimum atomic E-state index is -1.78. The normalized spacial score (nSPS) is 26.9. The number of hydrogen-bond acceptors (Lipinski definition) is 13. The van der Waals surface area contributed by atoms with Crippen LogP contribution in [0.1, 0.15) is 181 Å². The number of nitrogens with one attached hydrogen (secondary N) is 1. The molecule has 12 atom stereocenters. The van der Waals surface area contributed by atoms with Crippen LogP contribution in [0.5, 0.6) is 0 Å². The minimum absolute atomic E-state index is 0.218. The fourth-order valence-electron chi connectivity index (χ4n) is 8.44. The highest BCUT2D eigenvalue weighted by Crippen LogP contribution is 2.30. The van der Waals surface area contributed by atoms with Gasteiger partial charge < -0.3 is 65.1 Å². The van der Waals surface area contributed by atoms with Gasteiger partial charge in [-0.2, -0.15) is 0 Å². The molecule has 2 saturated heterocycles. The molecule has 0 bridgehead atoms. The lowest BCUT2D eigenvalue weighted by atomic mass is 9.97. The van der Waals surface area contributed by atoms with Gasteiger partial charge in [0.15, 0.2) is 12.6 Å². The Morgan fingerprint density at radius 3 is 1.56 bits per heavy atom. The Balaban J connectivity index is 1.67. The second kappa shape index (κ2) is 40.3. The summed E-state index contributed by atoms with van der Waals surface area (Å²) in [4.78, 5) is 13.1. The van der Waals surface area contributed by atoms with E-state index in [0.29, 0.717) is 12.8 Å². The summed E-state index contributed by atoms with van der Waals surface area (Å²) in [6, 6.07) is -0.829. The molecule has 0 aromatic rings. The molecule has 12 unspecified atom stereocenters. The first kappa shape index (κ1) is 61.8. The summed E-state index contributed by atoms with van der Waals surface area (Å²) in [5, 5.41) is 86.6. The Morgan fingerprint density at radius 1 is 0.544 bits per heavy atom. The molecule has 0 aromatic heterocycles. The molecule has 2 rings (SSSR count). The fourth-order valence-corrected chi connectivity index (χ4v) is 8.44. The number of allylic oxidation sites excluding steroid dienone is 10. The molecule has 0 saturated carbocycles. The molecular formula is C54H95NO13. The van der Waals surface area contributed by atoms with Crippen LogP contribution >= 0.6 is 0 Å². The average Bonchev–Trinajstić information content (AvgIpc) is 3.34. The summed E-state index contributed by atoms with van der Waals surface area (Å²) < 4.78 is 22.7. The molecule has 0 aromatic carbocycles. The third-order valence-electron chi connectivity index (χ3n) is 12.7.